The lowest BCUT2D eigenvalue weighted by Crippen LogP contribution is -1.95. The molecule has 7 heteroatoms. The molecule has 13 heavy (non-hydrogen) atoms. The van der Waals surface area contributed by atoms with E-state index in [-0.39, 0.29) is 15.1 Å². The Bertz CT molecular complexity index is 398. The average molecular weight is 242 g/mol. The molecule has 1 rings (SSSR count). The first-order valence-corrected chi connectivity index (χ1v) is 6.49. The summed E-state index contributed by atoms with van der Waals surface area (Å²) in [6.07, 6.45) is 1.09. The summed E-state index contributed by atoms with van der Waals surface area (Å²) in [7, 11) is -3.29. The van der Waals surface area contributed by atoms with Crippen molar-refractivity contribution in [2.45, 2.75) is 11.1 Å². The van der Waals surface area contributed by atoms with Crippen LogP contribution in [-0.2, 0) is 9.84 Å². The SMILES string of the molecule is CCOc1nsc(S(C)(=O)=O)c1Cl. The van der Waals surface area contributed by atoms with Crippen LogP contribution in [-0.4, -0.2) is 25.7 Å². The zero-order chi connectivity index (χ0) is 10.1. The number of halogens is 1. The summed E-state index contributed by atoms with van der Waals surface area (Å²) in [5, 5.41) is 0.0781. The summed E-state index contributed by atoms with van der Waals surface area (Å²) >= 11 is 6.56. The van der Waals surface area contributed by atoms with Crippen molar-refractivity contribution in [3.05, 3.63) is 5.02 Å². The molecule has 0 aliphatic heterocycles. The van der Waals surface area contributed by atoms with E-state index in [0.717, 1.165) is 17.8 Å². The number of hydrogen-bond acceptors (Lipinski definition) is 5. The van der Waals surface area contributed by atoms with E-state index in [1.165, 1.54) is 0 Å². The van der Waals surface area contributed by atoms with Gasteiger partial charge in [0, 0.05) is 6.26 Å². The first-order valence-electron chi connectivity index (χ1n) is 3.44. The van der Waals surface area contributed by atoms with E-state index in [1.54, 1.807) is 6.92 Å². The second-order valence-electron chi connectivity index (χ2n) is 2.29. The molecule has 0 atom stereocenters. The van der Waals surface area contributed by atoms with Gasteiger partial charge in [-0.15, -0.1) is 0 Å². The first-order chi connectivity index (χ1) is 5.96. The van der Waals surface area contributed by atoms with Crippen molar-refractivity contribution in [2.24, 2.45) is 0 Å². The fourth-order valence-electron chi connectivity index (χ4n) is 0.707. The number of nitrogens with zero attached hydrogens (tertiary/aromatic N) is 1. The van der Waals surface area contributed by atoms with E-state index in [9.17, 15) is 8.42 Å². The molecule has 0 radical (unpaired) electrons. The minimum atomic E-state index is -3.29. The molecule has 0 amide bonds. The van der Waals surface area contributed by atoms with Crippen LogP contribution < -0.4 is 4.74 Å². The lowest BCUT2D eigenvalue weighted by Gasteiger charge is -1.97. The van der Waals surface area contributed by atoms with Crippen LogP contribution in [0, 0.1) is 0 Å². The monoisotopic (exact) mass is 241 g/mol. The molecule has 4 nitrogen and oxygen atoms in total. The molecule has 1 heterocycles. The van der Waals surface area contributed by atoms with E-state index >= 15 is 0 Å². The smallest absolute Gasteiger partial charge is 0.245 e. The van der Waals surface area contributed by atoms with Crippen molar-refractivity contribution >= 4 is 33.0 Å². The highest BCUT2D eigenvalue weighted by Gasteiger charge is 2.20. The summed E-state index contributed by atoms with van der Waals surface area (Å²) in [6.45, 7) is 2.18. The number of rotatable bonds is 3. The van der Waals surface area contributed by atoms with E-state index in [1.807, 2.05) is 0 Å². The van der Waals surface area contributed by atoms with Gasteiger partial charge in [0.05, 0.1) is 6.61 Å². The minimum Gasteiger partial charge on any atom is -0.476 e. The van der Waals surface area contributed by atoms with Crippen molar-refractivity contribution < 1.29 is 13.2 Å². The van der Waals surface area contributed by atoms with Crippen LogP contribution in [0.25, 0.3) is 0 Å². The summed E-state index contributed by atoms with van der Waals surface area (Å²) in [4.78, 5) is 0. The predicted octanol–water partition coefficient (Wildman–Crippen LogP) is 1.60. The van der Waals surface area contributed by atoms with Crippen molar-refractivity contribution in [1.29, 1.82) is 0 Å². The Morgan fingerprint density at radius 2 is 2.23 bits per heavy atom. The van der Waals surface area contributed by atoms with Gasteiger partial charge in [-0.05, 0) is 18.5 Å². The molecular formula is C6H8ClNO3S2. The number of sulfone groups is 1. The maximum Gasteiger partial charge on any atom is 0.245 e. The van der Waals surface area contributed by atoms with Gasteiger partial charge in [-0.3, -0.25) is 0 Å². The van der Waals surface area contributed by atoms with Crippen molar-refractivity contribution in [3.8, 4) is 5.88 Å². The Morgan fingerprint density at radius 3 is 2.62 bits per heavy atom. The van der Waals surface area contributed by atoms with E-state index < -0.39 is 9.84 Å². The van der Waals surface area contributed by atoms with Gasteiger partial charge in [-0.2, -0.15) is 4.37 Å². The first kappa shape index (κ1) is 10.7. The van der Waals surface area contributed by atoms with Crippen LogP contribution in [0.4, 0.5) is 0 Å². The van der Waals surface area contributed by atoms with Crippen LogP contribution in [0.3, 0.4) is 0 Å². The van der Waals surface area contributed by atoms with Crippen LogP contribution in [0.1, 0.15) is 6.92 Å². The summed E-state index contributed by atoms with van der Waals surface area (Å²) in [5.41, 5.74) is 0. The summed E-state index contributed by atoms with van der Waals surface area (Å²) < 4.78 is 31.1. The van der Waals surface area contributed by atoms with Gasteiger partial charge in [0.1, 0.15) is 5.02 Å². The predicted molar refractivity (Wildman–Crippen MR) is 51.4 cm³/mol. The summed E-state index contributed by atoms with van der Waals surface area (Å²) in [5.74, 6) is 0.189. The Labute approximate surface area is 85.6 Å². The normalized spacial score (nSPS) is 11.6. The Hall–Kier alpha value is -0.330. The van der Waals surface area contributed by atoms with Gasteiger partial charge in [-0.1, -0.05) is 11.6 Å². The zero-order valence-electron chi connectivity index (χ0n) is 7.07. The quantitative estimate of drug-likeness (QED) is 0.807. The van der Waals surface area contributed by atoms with Gasteiger partial charge in [-0.25, -0.2) is 8.42 Å². The molecule has 74 valence electrons. The number of hydrogen-bond donors (Lipinski definition) is 0. The molecule has 0 saturated carbocycles. The standard InChI is InChI=1S/C6H8ClNO3S2/c1-3-11-5-4(7)6(12-8-5)13(2,9)10/h3H2,1-2H3. The highest BCUT2D eigenvalue weighted by atomic mass is 35.5. The van der Waals surface area contributed by atoms with Gasteiger partial charge in [0.2, 0.25) is 5.88 Å². The highest BCUT2D eigenvalue weighted by Crippen LogP contribution is 2.34. The van der Waals surface area contributed by atoms with Crippen LogP contribution in [0.5, 0.6) is 5.88 Å². The lowest BCUT2D eigenvalue weighted by atomic mass is 10.7. The molecule has 0 bridgehead atoms. The molecule has 0 spiro atoms. The van der Waals surface area contributed by atoms with Crippen LogP contribution in [0.2, 0.25) is 5.02 Å². The maximum atomic E-state index is 11.1. The molecule has 1 aromatic heterocycles. The Balaban J connectivity index is 3.14. The third-order valence-electron chi connectivity index (χ3n) is 1.20. The van der Waals surface area contributed by atoms with Gasteiger partial charge in [0.15, 0.2) is 14.0 Å². The Morgan fingerprint density at radius 1 is 1.62 bits per heavy atom. The van der Waals surface area contributed by atoms with Crippen LogP contribution >= 0.6 is 23.1 Å². The van der Waals surface area contributed by atoms with Crippen LogP contribution in [0.15, 0.2) is 4.21 Å². The molecule has 0 aliphatic rings. The molecule has 0 fully saturated rings. The van der Waals surface area contributed by atoms with Crippen molar-refractivity contribution in [1.82, 2.24) is 4.37 Å². The largest absolute Gasteiger partial charge is 0.476 e. The molecular weight excluding hydrogens is 234 g/mol. The molecule has 0 N–H and O–H groups in total. The van der Waals surface area contributed by atoms with Crippen molar-refractivity contribution in [2.75, 3.05) is 12.9 Å². The Kier molecular flexibility index (Phi) is 3.15. The van der Waals surface area contributed by atoms with E-state index in [0.29, 0.717) is 6.61 Å². The van der Waals surface area contributed by atoms with E-state index in [4.69, 9.17) is 16.3 Å². The number of ether oxygens (including phenoxy) is 1. The second-order valence-corrected chi connectivity index (χ2v) is 5.66. The maximum absolute atomic E-state index is 11.1. The second kappa shape index (κ2) is 3.81. The van der Waals surface area contributed by atoms with E-state index in [2.05, 4.69) is 4.37 Å². The highest BCUT2D eigenvalue weighted by molar-refractivity contribution is 7.92. The summed E-state index contributed by atoms with van der Waals surface area (Å²) in [6, 6.07) is 0. The molecule has 0 unspecified atom stereocenters. The lowest BCUT2D eigenvalue weighted by molar-refractivity contribution is 0.330. The minimum absolute atomic E-state index is 0.0533. The topological polar surface area (TPSA) is 56.3 Å². The molecule has 0 aliphatic carbocycles. The van der Waals surface area contributed by atoms with Crippen molar-refractivity contribution in [3.63, 3.8) is 0 Å². The fourth-order valence-corrected chi connectivity index (χ4v) is 2.92. The fraction of sp³-hybridized carbons (Fsp3) is 0.500. The van der Waals surface area contributed by atoms with Gasteiger partial charge >= 0.3 is 0 Å². The third kappa shape index (κ3) is 2.32. The number of aromatic nitrogens is 1. The zero-order valence-corrected chi connectivity index (χ0v) is 9.46. The average Bonchev–Trinajstić information content (AvgIpc) is 2.32. The van der Waals surface area contributed by atoms with Gasteiger partial charge < -0.3 is 4.74 Å². The van der Waals surface area contributed by atoms with Gasteiger partial charge in [0.25, 0.3) is 0 Å². The molecule has 0 aromatic carbocycles. The molecule has 1 aromatic rings. The molecule has 0 saturated heterocycles. The third-order valence-corrected chi connectivity index (χ3v) is 4.41.